The molecule has 0 saturated carbocycles. The van der Waals surface area contributed by atoms with Crippen LogP contribution in [0.25, 0.3) is 0 Å². The van der Waals surface area contributed by atoms with Crippen LogP contribution < -0.4 is 0 Å². The zero-order valence-electron chi connectivity index (χ0n) is 13.8. The molecule has 0 atom stereocenters. The molecule has 0 aliphatic rings. The predicted octanol–water partition coefficient (Wildman–Crippen LogP) is 6.17. The second-order valence-electron chi connectivity index (χ2n) is 5.71. The average Bonchev–Trinajstić information content (AvgIpc) is 2.41. The summed E-state index contributed by atoms with van der Waals surface area (Å²) in [6.07, 6.45) is 10.8. The molecule has 0 radical (unpaired) electrons. The first-order valence-corrected chi connectivity index (χ1v) is 12.0. The van der Waals surface area contributed by atoms with E-state index < -0.39 is 7.55 Å². The van der Waals surface area contributed by atoms with Crippen LogP contribution in [0.5, 0.6) is 0 Å². The van der Waals surface area contributed by atoms with E-state index in [0.717, 1.165) is 13.1 Å². The van der Waals surface area contributed by atoms with Crippen LogP contribution in [-0.4, -0.2) is 25.2 Å². The summed E-state index contributed by atoms with van der Waals surface area (Å²) in [5.74, 6) is 0. The Hall–Kier alpha value is 0.467. The molecule has 0 aromatic carbocycles. The Morgan fingerprint density at radius 2 is 1.11 bits per heavy atom. The molecule has 116 valence electrons. The lowest BCUT2D eigenvalue weighted by Gasteiger charge is -2.36. The van der Waals surface area contributed by atoms with Crippen molar-refractivity contribution >= 4 is 18.6 Å². The molecule has 0 rings (SSSR count). The number of halogens is 1. The van der Waals surface area contributed by atoms with E-state index in [4.69, 9.17) is 11.1 Å². The summed E-state index contributed by atoms with van der Waals surface area (Å²) in [6, 6.07) is 2.59. The van der Waals surface area contributed by atoms with Gasteiger partial charge in [0.15, 0.2) is 0 Å². The van der Waals surface area contributed by atoms with E-state index >= 15 is 0 Å². The highest BCUT2D eigenvalue weighted by Crippen LogP contribution is 2.30. The van der Waals surface area contributed by atoms with Crippen LogP contribution in [0.2, 0.25) is 12.1 Å². The van der Waals surface area contributed by atoms with E-state index in [1.54, 1.807) is 0 Å². The summed E-state index contributed by atoms with van der Waals surface area (Å²) in [5, 5.41) is 0. The maximum Gasteiger partial charge on any atom is 0.229 e. The van der Waals surface area contributed by atoms with Crippen molar-refractivity contribution in [3.8, 4) is 0 Å². The monoisotopic (exact) mass is 305 g/mol. The molecule has 0 amide bonds. The van der Waals surface area contributed by atoms with Crippen LogP contribution in [0.3, 0.4) is 0 Å². The van der Waals surface area contributed by atoms with Crippen LogP contribution in [0.15, 0.2) is 0 Å². The van der Waals surface area contributed by atoms with Gasteiger partial charge in [-0.05, 0) is 25.2 Å². The molecule has 0 aromatic heterocycles. The Morgan fingerprint density at radius 3 is 1.42 bits per heavy atom. The first kappa shape index (κ1) is 19.5. The highest BCUT2D eigenvalue weighted by molar-refractivity contribution is 7.18. The average molecular weight is 306 g/mol. The molecule has 0 aliphatic heterocycles. The van der Waals surface area contributed by atoms with Crippen molar-refractivity contribution in [2.24, 2.45) is 0 Å². The molecule has 0 heterocycles. The van der Waals surface area contributed by atoms with Gasteiger partial charge in [-0.15, -0.1) is 11.1 Å². The Bertz CT molecular complexity index is 183. The SMILES string of the molecule is CCCCCC[Si](Cl)(CCCCCC)N(CC)CC. The van der Waals surface area contributed by atoms with E-state index in [-0.39, 0.29) is 0 Å². The molecule has 0 aromatic rings. The molecule has 0 fully saturated rings. The summed E-state index contributed by atoms with van der Waals surface area (Å²) in [7, 11) is -1.67. The molecule has 0 unspecified atom stereocenters. The summed E-state index contributed by atoms with van der Waals surface area (Å²) in [5.41, 5.74) is 0. The van der Waals surface area contributed by atoms with E-state index in [1.807, 2.05) is 0 Å². The zero-order valence-corrected chi connectivity index (χ0v) is 15.6. The van der Waals surface area contributed by atoms with Gasteiger partial charge in [-0.25, -0.2) is 0 Å². The lowest BCUT2D eigenvalue weighted by molar-refractivity contribution is 0.462. The predicted molar refractivity (Wildman–Crippen MR) is 92.4 cm³/mol. The van der Waals surface area contributed by atoms with Gasteiger partial charge in [0, 0.05) is 0 Å². The third kappa shape index (κ3) is 8.36. The summed E-state index contributed by atoms with van der Waals surface area (Å²) >= 11 is 7.13. The number of nitrogens with zero attached hydrogens (tertiary/aromatic N) is 1. The van der Waals surface area contributed by atoms with Crippen LogP contribution in [0.4, 0.5) is 0 Å². The number of unbranched alkanes of at least 4 members (excludes halogenated alkanes) is 6. The molecule has 1 nitrogen and oxygen atoms in total. The van der Waals surface area contributed by atoms with Crippen molar-refractivity contribution in [2.45, 2.75) is 91.1 Å². The van der Waals surface area contributed by atoms with E-state index in [0.29, 0.717) is 0 Å². The minimum atomic E-state index is -1.67. The van der Waals surface area contributed by atoms with Crippen molar-refractivity contribution in [1.82, 2.24) is 4.57 Å². The first-order valence-electron chi connectivity index (χ1n) is 8.58. The van der Waals surface area contributed by atoms with Crippen LogP contribution in [-0.2, 0) is 0 Å². The summed E-state index contributed by atoms with van der Waals surface area (Å²) in [4.78, 5) is 0. The molecule has 0 aliphatic carbocycles. The minimum absolute atomic E-state index is 1.13. The molecule has 0 spiro atoms. The standard InChI is InChI=1S/C16H36ClNSi/c1-5-9-11-13-15-19(17,18(7-3)8-4)16-14-12-10-6-2/h5-16H2,1-4H3. The van der Waals surface area contributed by atoms with Crippen molar-refractivity contribution in [1.29, 1.82) is 0 Å². The molecule has 0 bridgehead atoms. The maximum absolute atomic E-state index is 7.13. The van der Waals surface area contributed by atoms with E-state index in [2.05, 4.69) is 32.3 Å². The third-order valence-corrected chi connectivity index (χ3v) is 10.0. The molecule has 0 N–H and O–H groups in total. The smallest absolute Gasteiger partial charge is 0.229 e. The van der Waals surface area contributed by atoms with Crippen LogP contribution >= 0.6 is 11.1 Å². The van der Waals surface area contributed by atoms with Gasteiger partial charge in [-0.2, -0.15) is 0 Å². The highest BCUT2D eigenvalue weighted by Gasteiger charge is 2.35. The summed E-state index contributed by atoms with van der Waals surface area (Å²) < 4.78 is 2.60. The minimum Gasteiger partial charge on any atom is -0.312 e. The van der Waals surface area contributed by atoms with Crippen LogP contribution in [0, 0.1) is 0 Å². The molecule has 19 heavy (non-hydrogen) atoms. The van der Waals surface area contributed by atoms with Crippen molar-refractivity contribution in [3.05, 3.63) is 0 Å². The normalized spacial score (nSPS) is 12.3. The van der Waals surface area contributed by atoms with Gasteiger partial charge >= 0.3 is 0 Å². The maximum atomic E-state index is 7.13. The quantitative estimate of drug-likeness (QED) is 0.223. The fraction of sp³-hybridized carbons (Fsp3) is 1.00. The van der Waals surface area contributed by atoms with Gasteiger partial charge in [-0.1, -0.05) is 79.1 Å². The topological polar surface area (TPSA) is 3.24 Å². The lowest BCUT2D eigenvalue weighted by Crippen LogP contribution is -2.48. The fourth-order valence-electron chi connectivity index (χ4n) is 2.88. The summed E-state index contributed by atoms with van der Waals surface area (Å²) in [6.45, 7) is 11.4. The fourth-order valence-corrected chi connectivity index (χ4v) is 8.00. The van der Waals surface area contributed by atoms with Crippen LogP contribution in [0.1, 0.15) is 79.1 Å². The Balaban J connectivity index is 4.26. The zero-order chi connectivity index (χ0) is 14.6. The van der Waals surface area contributed by atoms with Gasteiger partial charge in [0.1, 0.15) is 0 Å². The largest absolute Gasteiger partial charge is 0.312 e. The third-order valence-electron chi connectivity index (χ3n) is 4.16. The van der Waals surface area contributed by atoms with Crippen molar-refractivity contribution in [2.75, 3.05) is 13.1 Å². The molecule has 3 heteroatoms. The Morgan fingerprint density at radius 1 is 0.684 bits per heavy atom. The van der Waals surface area contributed by atoms with Gasteiger partial charge in [0.05, 0.1) is 0 Å². The van der Waals surface area contributed by atoms with Crippen molar-refractivity contribution < 1.29 is 0 Å². The second kappa shape index (κ2) is 12.2. The Kier molecular flexibility index (Phi) is 12.5. The van der Waals surface area contributed by atoms with E-state index in [1.165, 1.54) is 63.5 Å². The lowest BCUT2D eigenvalue weighted by atomic mass is 10.2. The number of hydrogen-bond donors (Lipinski definition) is 0. The second-order valence-corrected chi connectivity index (χ2v) is 11.3. The molecular weight excluding hydrogens is 270 g/mol. The molecular formula is C16H36ClNSi. The molecule has 0 saturated heterocycles. The first-order chi connectivity index (χ1) is 9.14. The van der Waals surface area contributed by atoms with Gasteiger partial charge < -0.3 is 4.57 Å². The number of rotatable bonds is 13. The van der Waals surface area contributed by atoms with Gasteiger partial charge in [-0.3, -0.25) is 0 Å². The van der Waals surface area contributed by atoms with Gasteiger partial charge in [0.2, 0.25) is 7.55 Å². The number of hydrogen-bond acceptors (Lipinski definition) is 1. The van der Waals surface area contributed by atoms with Gasteiger partial charge in [0.25, 0.3) is 0 Å². The van der Waals surface area contributed by atoms with E-state index in [9.17, 15) is 0 Å². The highest BCUT2D eigenvalue weighted by atomic mass is 35.6. The van der Waals surface area contributed by atoms with Crippen molar-refractivity contribution in [3.63, 3.8) is 0 Å². The Labute approximate surface area is 127 Å².